The summed E-state index contributed by atoms with van der Waals surface area (Å²) in [5.74, 6) is 2.26. The molecule has 0 N–H and O–H groups in total. The number of likely N-dealkylation sites (N-methyl/N-ethyl adjacent to an activating group) is 1. The van der Waals surface area contributed by atoms with Gasteiger partial charge in [0.2, 0.25) is 24.5 Å². The molecule has 1 aliphatic heterocycles. The van der Waals surface area contributed by atoms with E-state index in [0.717, 1.165) is 12.0 Å². The predicted octanol–water partition coefficient (Wildman–Crippen LogP) is 3.10. The maximum atomic E-state index is 12.3. The van der Waals surface area contributed by atoms with Crippen LogP contribution >= 0.6 is 0 Å². The zero-order valence-corrected chi connectivity index (χ0v) is 15.6. The van der Waals surface area contributed by atoms with Gasteiger partial charge in [0.15, 0.2) is 11.5 Å². The number of rotatable bonds is 7. The summed E-state index contributed by atoms with van der Waals surface area (Å²) >= 11 is 0. The Kier molecular flexibility index (Phi) is 5.23. The zero-order chi connectivity index (χ0) is 19.3. The number of carbonyl (C=O) groups excluding carboxylic acids is 1. The van der Waals surface area contributed by atoms with Gasteiger partial charge >= 0.3 is 0 Å². The third-order valence-electron chi connectivity index (χ3n) is 4.64. The number of hydrogen-bond donors (Lipinski definition) is 0. The lowest BCUT2D eigenvalue weighted by atomic mass is 10.1. The van der Waals surface area contributed by atoms with E-state index in [4.69, 9.17) is 13.9 Å². The van der Waals surface area contributed by atoms with E-state index in [2.05, 4.69) is 22.3 Å². The Morgan fingerprint density at radius 3 is 2.71 bits per heavy atom. The van der Waals surface area contributed by atoms with E-state index in [1.165, 1.54) is 5.56 Å². The standard InChI is InChI=1S/C21H21N3O4/c1-24(12-11-15-5-3-2-4-6-15)20(25)10-9-19-22-23-21(28-19)16-7-8-17-18(13-16)27-14-26-17/h2-8,13H,9-12,14H2,1H3. The van der Waals surface area contributed by atoms with E-state index in [1.807, 2.05) is 43.4 Å². The number of nitrogens with zero attached hydrogens (tertiary/aromatic N) is 3. The van der Waals surface area contributed by atoms with E-state index in [9.17, 15) is 4.79 Å². The zero-order valence-electron chi connectivity index (χ0n) is 15.6. The van der Waals surface area contributed by atoms with E-state index in [-0.39, 0.29) is 12.7 Å². The van der Waals surface area contributed by atoms with Crippen molar-refractivity contribution in [3.63, 3.8) is 0 Å². The molecule has 1 aromatic heterocycles. The summed E-state index contributed by atoms with van der Waals surface area (Å²) in [6.07, 6.45) is 1.57. The molecule has 0 spiro atoms. The number of benzene rings is 2. The van der Waals surface area contributed by atoms with Crippen LogP contribution in [0.5, 0.6) is 11.5 Å². The van der Waals surface area contributed by atoms with Gasteiger partial charge < -0.3 is 18.8 Å². The second-order valence-electron chi connectivity index (χ2n) is 6.62. The van der Waals surface area contributed by atoms with Crippen LogP contribution in [-0.4, -0.2) is 41.4 Å². The van der Waals surface area contributed by atoms with E-state index >= 15 is 0 Å². The Morgan fingerprint density at radius 2 is 1.86 bits per heavy atom. The van der Waals surface area contributed by atoms with Crippen molar-refractivity contribution in [1.29, 1.82) is 0 Å². The molecule has 4 rings (SSSR count). The van der Waals surface area contributed by atoms with Crippen molar-refractivity contribution in [2.45, 2.75) is 19.3 Å². The molecule has 0 atom stereocenters. The number of carbonyl (C=O) groups is 1. The first-order chi connectivity index (χ1) is 13.7. The van der Waals surface area contributed by atoms with Crippen molar-refractivity contribution < 1.29 is 18.7 Å². The van der Waals surface area contributed by atoms with Crippen LogP contribution in [0.25, 0.3) is 11.5 Å². The lowest BCUT2D eigenvalue weighted by Crippen LogP contribution is -2.29. The van der Waals surface area contributed by atoms with Gasteiger partial charge in [0.1, 0.15) is 0 Å². The van der Waals surface area contributed by atoms with Gasteiger partial charge in [-0.25, -0.2) is 0 Å². The highest BCUT2D eigenvalue weighted by atomic mass is 16.7. The molecule has 7 nitrogen and oxygen atoms in total. The Balaban J connectivity index is 1.30. The van der Waals surface area contributed by atoms with Crippen LogP contribution in [0.2, 0.25) is 0 Å². The Labute approximate surface area is 162 Å². The predicted molar refractivity (Wildman–Crippen MR) is 102 cm³/mol. The Morgan fingerprint density at radius 1 is 1.04 bits per heavy atom. The second-order valence-corrected chi connectivity index (χ2v) is 6.62. The minimum absolute atomic E-state index is 0.0544. The van der Waals surface area contributed by atoms with Crippen molar-refractivity contribution in [2.24, 2.45) is 0 Å². The SMILES string of the molecule is CN(CCc1ccccc1)C(=O)CCc1nnc(-c2ccc3c(c2)OCO3)o1. The van der Waals surface area contributed by atoms with E-state index < -0.39 is 0 Å². The first kappa shape index (κ1) is 18.0. The average molecular weight is 379 g/mol. The number of ether oxygens (including phenoxy) is 2. The average Bonchev–Trinajstić information content (AvgIpc) is 3.39. The number of aromatic nitrogens is 2. The van der Waals surface area contributed by atoms with Crippen LogP contribution < -0.4 is 9.47 Å². The van der Waals surface area contributed by atoms with Crippen molar-refractivity contribution in [3.05, 3.63) is 60.0 Å². The second kappa shape index (κ2) is 8.12. The molecule has 0 saturated heterocycles. The van der Waals surface area contributed by atoms with Gasteiger partial charge in [-0.2, -0.15) is 0 Å². The van der Waals surface area contributed by atoms with E-state index in [1.54, 1.807) is 4.90 Å². The molecule has 0 aliphatic carbocycles. The van der Waals surface area contributed by atoms with Gasteiger partial charge in [-0.15, -0.1) is 10.2 Å². The van der Waals surface area contributed by atoms with Crippen LogP contribution in [0, 0.1) is 0 Å². The van der Waals surface area contributed by atoms with Crippen molar-refractivity contribution >= 4 is 5.91 Å². The van der Waals surface area contributed by atoms with Gasteiger partial charge in [-0.1, -0.05) is 30.3 Å². The molecule has 0 radical (unpaired) electrons. The maximum absolute atomic E-state index is 12.3. The summed E-state index contributed by atoms with van der Waals surface area (Å²) in [5, 5.41) is 8.12. The summed E-state index contributed by atoms with van der Waals surface area (Å²) in [4.78, 5) is 14.1. The highest BCUT2D eigenvalue weighted by Gasteiger charge is 2.17. The first-order valence-corrected chi connectivity index (χ1v) is 9.19. The molecule has 0 bridgehead atoms. The molecule has 1 amide bonds. The normalized spacial score (nSPS) is 12.2. The topological polar surface area (TPSA) is 77.7 Å². The third kappa shape index (κ3) is 4.14. The van der Waals surface area contributed by atoms with Crippen LogP contribution in [0.15, 0.2) is 52.9 Å². The summed E-state index contributed by atoms with van der Waals surface area (Å²) in [7, 11) is 1.82. The summed E-state index contributed by atoms with van der Waals surface area (Å²) < 4.78 is 16.4. The van der Waals surface area contributed by atoms with Gasteiger partial charge in [0.25, 0.3) is 0 Å². The fourth-order valence-electron chi connectivity index (χ4n) is 2.97. The van der Waals surface area contributed by atoms with Crippen LogP contribution in [0.1, 0.15) is 17.9 Å². The molecule has 2 heterocycles. The summed E-state index contributed by atoms with van der Waals surface area (Å²) in [6, 6.07) is 15.6. The lowest BCUT2D eigenvalue weighted by molar-refractivity contribution is -0.129. The van der Waals surface area contributed by atoms with Gasteiger partial charge in [0.05, 0.1) is 0 Å². The molecule has 7 heteroatoms. The summed E-state index contributed by atoms with van der Waals surface area (Å²) in [5.41, 5.74) is 1.97. The quantitative estimate of drug-likeness (QED) is 0.628. The molecule has 0 fully saturated rings. The van der Waals surface area contributed by atoms with Crippen LogP contribution in [0.4, 0.5) is 0 Å². The van der Waals surface area contributed by atoms with Gasteiger partial charge in [-0.3, -0.25) is 4.79 Å². The van der Waals surface area contributed by atoms with Gasteiger partial charge in [0, 0.05) is 32.0 Å². The molecule has 28 heavy (non-hydrogen) atoms. The summed E-state index contributed by atoms with van der Waals surface area (Å²) in [6.45, 7) is 0.892. The molecule has 0 saturated carbocycles. The molecule has 2 aromatic carbocycles. The van der Waals surface area contributed by atoms with E-state index in [0.29, 0.717) is 42.7 Å². The minimum atomic E-state index is 0.0544. The highest BCUT2D eigenvalue weighted by Crippen LogP contribution is 2.35. The maximum Gasteiger partial charge on any atom is 0.247 e. The van der Waals surface area contributed by atoms with Crippen molar-refractivity contribution in [3.8, 4) is 23.0 Å². The first-order valence-electron chi connectivity index (χ1n) is 9.19. The monoisotopic (exact) mass is 379 g/mol. The van der Waals surface area contributed by atoms with Crippen molar-refractivity contribution in [2.75, 3.05) is 20.4 Å². The molecule has 1 aliphatic rings. The fourth-order valence-corrected chi connectivity index (χ4v) is 2.97. The smallest absolute Gasteiger partial charge is 0.247 e. The number of aryl methyl sites for hydroxylation is 1. The highest BCUT2D eigenvalue weighted by molar-refractivity contribution is 5.76. The van der Waals surface area contributed by atoms with Crippen LogP contribution in [0.3, 0.4) is 0 Å². The molecule has 3 aromatic rings. The number of fused-ring (bicyclic) bond motifs is 1. The minimum Gasteiger partial charge on any atom is -0.454 e. The molecular formula is C21H21N3O4. The third-order valence-corrected chi connectivity index (χ3v) is 4.64. The van der Waals surface area contributed by atoms with Crippen molar-refractivity contribution in [1.82, 2.24) is 15.1 Å². The molecule has 144 valence electrons. The molecule has 0 unspecified atom stereocenters. The Bertz CT molecular complexity index is 955. The van der Waals surface area contributed by atoms with Crippen LogP contribution in [-0.2, 0) is 17.6 Å². The number of hydrogen-bond acceptors (Lipinski definition) is 6. The number of amides is 1. The van der Waals surface area contributed by atoms with Gasteiger partial charge in [-0.05, 0) is 30.2 Å². The largest absolute Gasteiger partial charge is 0.454 e. The fraction of sp³-hybridized carbons (Fsp3) is 0.286. The molecular weight excluding hydrogens is 358 g/mol. The lowest BCUT2D eigenvalue weighted by Gasteiger charge is -2.16. The Hall–Kier alpha value is -3.35.